The number of carbonyl (C=O) groups excluding carboxylic acids is 2. The molecule has 164 valence electrons. The fraction of sp³-hybridized carbons (Fsp3) is 0.208. The van der Waals surface area contributed by atoms with Gasteiger partial charge < -0.3 is 23.5 Å². The summed E-state index contributed by atoms with van der Waals surface area (Å²) in [4.78, 5) is 23.1. The van der Waals surface area contributed by atoms with E-state index in [0.29, 0.717) is 37.8 Å². The Morgan fingerprint density at radius 3 is 2.62 bits per heavy atom. The van der Waals surface area contributed by atoms with Crippen molar-refractivity contribution >= 4 is 35.8 Å². The number of hydrogen-bond acceptors (Lipinski definition) is 7. The lowest BCUT2D eigenvalue weighted by Crippen LogP contribution is -2.37. The van der Waals surface area contributed by atoms with Gasteiger partial charge in [0.25, 0.3) is 18.5 Å². The molecule has 3 aromatic rings. The minimum absolute atomic E-state index is 0.238. The van der Waals surface area contributed by atoms with Crippen molar-refractivity contribution in [1.82, 2.24) is 0 Å². The number of aromatic nitrogens is 1. The second kappa shape index (κ2) is 9.82. The van der Waals surface area contributed by atoms with E-state index >= 15 is 0 Å². The topological polar surface area (TPSA) is 82.1 Å². The smallest absolute Gasteiger partial charge is 0.374 e. The first-order valence-corrected chi connectivity index (χ1v) is 10.2. The monoisotopic (exact) mass is 435 g/mol. The summed E-state index contributed by atoms with van der Waals surface area (Å²) in [5, 5.41) is 0. The zero-order valence-electron chi connectivity index (χ0n) is 17.6. The van der Waals surface area contributed by atoms with Gasteiger partial charge in [-0.25, -0.2) is 0 Å². The zero-order chi connectivity index (χ0) is 22.3. The molecule has 0 spiro atoms. The Kier molecular flexibility index (Phi) is 6.50. The highest BCUT2D eigenvalue weighted by Gasteiger charge is 2.26. The van der Waals surface area contributed by atoms with E-state index in [0.717, 1.165) is 28.1 Å². The van der Waals surface area contributed by atoms with Gasteiger partial charge >= 0.3 is 5.89 Å². The van der Waals surface area contributed by atoms with Crippen LogP contribution in [0.1, 0.15) is 12.8 Å². The number of nitrogens with zero attached hydrogens (tertiary/aromatic N) is 2. The van der Waals surface area contributed by atoms with Gasteiger partial charge in [-0.15, -0.1) is 0 Å². The van der Waals surface area contributed by atoms with Crippen molar-refractivity contribution in [1.29, 1.82) is 0 Å². The van der Waals surface area contributed by atoms with Crippen LogP contribution in [-0.2, 0) is 25.6 Å². The molecule has 0 fully saturated rings. The largest absolute Gasteiger partial charge is 0.466 e. The molecule has 8 heteroatoms. The molecule has 0 atom stereocenters. The summed E-state index contributed by atoms with van der Waals surface area (Å²) >= 11 is 0. The van der Waals surface area contributed by atoms with Gasteiger partial charge in [-0.1, -0.05) is 24.3 Å². The maximum atomic E-state index is 10.6. The number of carbonyl (C=O) groups is 2. The third kappa shape index (κ3) is 4.49. The molecule has 0 aliphatic carbocycles. The summed E-state index contributed by atoms with van der Waals surface area (Å²) in [5.74, 6) is 1.99. The van der Waals surface area contributed by atoms with Crippen molar-refractivity contribution < 1.29 is 32.8 Å². The minimum atomic E-state index is 0.238. The lowest BCUT2D eigenvalue weighted by molar-refractivity contribution is -0.679. The van der Waals surface area contributed by atoms with Crippen LogP contribution in [0.25, 0.3) is 17.2 Å². The summed E-state index contributed by atoms with van der Waals surface area (Å²) < 4.78 is 23.8. The average molecular weight is 435 g/mol. The SMILES string of the molecule is CC(=C\c1oc2ccccc2[n+]1CCOC=O)/C=C1/Oc2ccccc2N1CCOC=O. The van der Waals surface area contributed by atoms with Gasteiger partial charge in [0.05, 0.1) is 18.3 Å². The highest BCUT2D eigenvalue weighted by Crippen LogP contribution is 2.38. The van der Waals surface area contributed by atoms with Gasteiger partial charge in [0.2, 0.25) is 11.5 Å². The van der Waals surface area contributed by atoms with E-state index in [4.69, 9.17) is 18.6 Å². The number of para-hydroxylation sites is 4. The van der Waals surface area contributed by atoms with Gasteiger partial charge in [-0.05, 0) is 30.7 Å². The zero-order valence-corrected chi connectivity index (χ0v) is 17.6. The Morgan fingerprint density at radius 2 is 1.78 bits per heavy atom. The number of benzene rings is 2. The first kappa shape index (κ1) is 21.2. The van der Waals surface area contributed by atoms with E-state index in [1.54, 1.807) is 0 Å². The van der Waals surface area contributed by atoms with Gasteiger partial charge in [-0.3, -0.25) is 9.59 Å². The van der Waals surface area contributed by atoms with Gasteiger partial charge in [0.15, 0.2) is 18.9 Å². The Morgan fingerprint density at radius 1 is 1.03 bits per heavy atom. The maximum Gasteiger partial charge on any atom is 0.374 e. The summed E-state index contributed by atoms with van der Waals surface area (Å²) in [5.41, 5.74) is 3.44. The third-order valence-electron chi connectivity index (χ3n) is 4.98. The quantitative estimate of drug-likeness (QED) is 0.275. The fourth-order valence-electron chi connectivity index (χ4n) is 3.60. The van der Waals surface area contributed by atoms with Crippen LogP contribution >= 0.6 is 0 Å². The molecule has 1 aromatic heterocycles. The molecule has 0 saturated carbocycles. The molecule has 0 saturated heterocycles. The molecular formula is C24H23N2O6+. The van der Waals surface area contributed by atoms with E-state index < -0.39 is 0 Å². The highest BCUT2D eigenvalue weighted by atomic mass is 16.5. The number of anilines is 1. The second-order valence-corrected chi connectivity index (χ2v) is 7.09. The number of ether oxygens (including phenoxy) is 3. The van der Waals surface area contributed by atoms with Crippen LogP contribution in [0.2, 0.25) is 0 Å². The fourth-order valence-corrected chi connectivity index (χ4v) is 3.60. The van der Waals surface area contributed by atoms with Crippen molar-refractivity contribution in [3.63, 3.8) is 0 Å². The molecule has 1 aliphatic rings. The third-order valence-corrected chi connectivity index (χ3v) is 4.98. The van der Waals surface area contributed by atoms with Crippen LogP contribution in [0.3, 0.4) is 0 Å². The predicted octanol–water partition coefficient (Wildman–Crippen LogP) is 3.21. The summed E-state index contributed by atoms with van der Waals surface area (Å²) in [6.45, 7) is 4.21. The lowest BCUT2D eigenvalue weighted by Gasteiger charge is -2.17. The Hall–Kier alpha value is -4.07. The number of allylic oxidation sites excluding steroid dienone is 2. The van der Waals surface area contributed by atoms with Crippen molar-refractivity contribution in [2.45, 2.75) is 13.5 Å². The van der Waals surface area contributed by atoms with Crippen LogP contribution in [0.15, 0.2) is 70.5 Å². The molecule has 32 heavy (non-hydrogen) atoms. The minimum Gasteiger partial charge on any atom is -0.466 e. The van der Waals surface area contributed by atoms with Crippen LogP contribution in [-0.4, -0.2) is 32.7 Å². The highest BCUT2D eigenvalue weighted by molar-refractivity contribution is 5.70. The summed E-state index contributed by atoms with van der Waals surface area (Å²) in [6.07, 6.45) is 3.81. The van der Waals surface area contributed by atoms with Gasteiger partial charge in [0.1, 0.15) is 6.61 Å². The van der Waals surface area contributed by atoms with Crippen molar-refractivity contribution in [2.75, 3.05) is 24.7 Å². The molecule has 1 aliphatic heterocycles. The molecule has 0 bridgehead atoms. The molecule has 0 unspecified atom stereocenters. The van der Waals surface area contributed by atoms with Crippen LogP contribution in [0, 0.1) is 0 Å². The molecular weight excluding hydrogens is 412 g/mol. The average Bonchev–Trinajstić information content (AvgIpc) is 3.32. The summed E-state index contributed by atoms with van der Waals surface area (Å²) in [6, 6.07) is 15.4. The Labute approximate surface area is 184 Å². The number of fused-ring (bicyclic) bond motifs is 2. The molecule has 4 rings (SSSR count). The molecule has 8 nitrogen and oxygen atoms in total. The van der Waals surface area contributed by atoms with E-state index in [1.165, 1.54) is 0 Å². The molecule has 0 radical (unpaired) electrons. The van der Waals surface area contributed by atoms with Crippen molar-refractivity contribution in [3.05, 3.63) is 72.0 Å². The number of oxazole rings is 1. The number of rotatable bonds is 10. The van der Waals surface area contributed by atoms with Crippen LogP contribution in [0.4, 0.5) is 5.69 Å². The Balaban J connectivity index is 1.65. The standard InChI is InChI=1S/C24H23N2O6/c1-18(14-23-25(10-12-29-16-27)19-6-2-4-8-21(19)31-23)15-24-26(11-13-30-17-28)20-7-3-5-9-22(20)32-24/h2-9,14-17H,10-13H2,1H3/q+1. The normalized spacial score (nSPS) is 14.3. The first-order valence-electron chi connectivity index (χ1n) is 10.2. The van der Waals surface area contributed by atoms with E-state index in [-0.39, 0.29) is 13.2 Å². The van der Waals surface area contributed by atoms with Gasteiger partial charge in [0, 0.05) is 12.1 Å². The lowest BCUT2D eigenvalue weighted by atomic mass is 10.2. The van der Waals surface area contributed by atoms with Gasteiger partial charge in [-0.2, -0.15) is 4.57 Å². The van der Waals surface area contributed by atoms with Crippen molar-refractivity contribution in [3.8, 4) is 5.75 Å². The molecule has 2 heterocycles. The number of hydrogen-bond donors (Lipinski definition) is 0. The van der Waals surface area contributed by atoms with Crippen LogP contribution < -0.4 is 14.2 Å². The Bertz CT molecular complexity index is 1180. The van der Waals surface area contributed by atoms with E-state index in [2.05, 4.69) is 0 Å². The molecule has 0 amide bonds. The van der Waals surface area contributed by atoms with Crippen molar-refractivity contribution in [2.24, 2.45) is 0 Å². The second-order valence-electron chi connectivity index (χ2n) is 7.09. The summed E-state index contributed by atoms with van der Waals surface area (Å²) in [7, 11) is 0. The van der Waals surface area contributed by atoms with E-state index in [1.807, 2.05) is 77.1 Å². The van der Waals surface area contributed by atoms with Crippen LogP contribution in [0.5, 0.6) is 5.75 Å². The molecule has 0 N–H and O–H groups in total. The predicted molar refractivity (Wildman–Crippen MR) is 117 cm³/mol. The molecule has 2 aromatic carbocycles. The first-order chi connectivity index (χ1) is 15.7. The maximum absolute atomic E-state index is 10.6. The van der Waals surface area contributed by atoms with E-state index in [9.17, 15) is 9.59 Å².